The van der Waals surface area contributed by atoms with Gasteiger partial charge in [-0.3, -0.25) is 19.8 Å². The fraction of sp³-hybridized carbons (Fsp3) is 0.479. The lowest BCUT2D eigenvalue weighted by atomic mass is 9.81. The Morgan fingerprint density at radius 2 is 1.61 bits per heavy atom. The van der Waals surface area contributed by atoms with Crippen molar-refractivity contribution in [2.45, 2.75) is 89.6 Å². The average molecular weight is 846 g/mol. The monoisotopic (exact) mass is 846 g/mol. The highest BCUT2D eigenvalue weighted by Gasteiger charge is 2.29. The Morgan fingerprint density at radius 3 is 2.30 bits per heavy atom. The summed E-state index contributed by atoms with van der Waals surface area (Å²) in [4.78, 5) is 45.3. The molecule has 4 aliphatic rings. The molecule has 1 aromatic heterocycles. The first-order chi connectivity index (χ1) is 29.2. The van der Waals surface area contributed by atoms with Gasteiger partial charge in [0.05, 0.1) is 19.5 Å². The Balaban J connectivity index is 0.00000231. The van der Waals surface area contributed by atoms with Gasteiger partial charge in [0.25, 0.3) is 0 Å². The molecule has 0 radical (unpaired) electrons. The highest BCUT2D eigenvalue weighted by molar-refractivity contribution is 6.01. The number of hydrogen-bond donors (Lipinski definition) is 3. The number of allylic oxidation sites excluding steroid dienone is 4. The fourth-order valence-electron chi connectivity index (χ4n) is 8.98. The van der Waals surface area contributed by atoms with Gasteiger partial charge in [0.2, 0.25) is 17.8 Å². The molecule has 13 heteroatoms. The maximum absolute atomic E-state index is 15.2. The molecule has 4 fully saturated rings. The predicted molar refractivity (Wildman–Crippen MR) is 245 cm³/mol. The van der Waals surface area contributed by atoms with Crippen LogP contribution < -0.4 is 16.0 Å². The van der Waals surface area contributed by atoms with Crippen LogP contribution in [0.15, 0.2) is 80.0 Å². The van der Waals surface area contributed by atoms with Gasteiger partial charge in [-0.15, -0.1) is 0 Å². The molecule has 1 aliphatic carbocycles. The van der Waals surface area contributed by atoms with Gasteiger partial charge in [0.1, 0.15) is 24.3 Å². The van der Waals surface area contributed by atoms with Crippen molar-refractivity contribution in [2.24, 2.45) is 11.8 Å². The second kappa shape index (κ2) is 23.2. The molecule has 2 aromatic carbocycles. The fourth-order valence-corrected chi connectivity index (χ4v) is 8.98. The number of likely N-dealkylation sites (tertiary alicyclic amines) is 2. The normalized spacial score (nSPS) is 21.9. The molecule has 3 aromatic rings. The highest BCUT2D eigenvalue weighted by Crippen LogP contribution is 2.34. The summed E-state index contributed by atoms with van der Waals surface area (Å²) >= 11 is 0. The molecule has 11 nitrogen and oxygen atoms in total. The maximum atomic E-state index is 15.2. The molecule has 334 valence electrons. The van der Waals surface area contributed by atoms with Crippen LogP contribution in [-0.4, -0.2) is 96.5 Å². The van der Waals surface area contributed by atoms with Crippen LogP contribution in [0, 0.1) is 23.5 Å². The van der Waals surface area contributed by atoms with E-state index in [4.69, 9.17) is 9.53 Å². The SMILES string of the molecule is C.C=C/C=C(\C=C)c1cccc(-c2nc(NC3CCN(COCC4CCC(CN5CCC(c6ccc(NC7CCC(=O)NC7=O)cc6F)CC5)CC4)CC3)ncc2F)c1.C=O.[HH].[HH].[HH]. The Morgan fingerprint density at radius 1 is 0.885 bits per heavy atom. The summed E-state index contributed by atoms with van der Waals surface area (Å²) in [7, 11) is 0. The van der Waals surface area contributed by atoms with Crippen LogP contribution in [0.5, 0.6) is 0 Å². The number of rotatable bonds is 15. The van der Waals surface area contributed by atoms with E-state index in [2.05, 4.69) is 48.9 Å². The van der Waals surface area contributed by atoms with Gasteiger partial charge >= 0.3 is 0 Å². The van der Waals surface area contributed by atoms with Crippen LogP contribution in [-0.2, 0) is 19.1 Å². The number of halogens is 2. The molecular weight excluding hydrogens is 777 g/mol. The van der Waals surface area contributed by atoms with E-state index in [9.17, 15) is 14.0 Å². The molecule has 3 aliphatic heterocycles. The zero-order valence-corrected chi connectivity index (χ0v) is 34.6. The number of anilines is 2. The summed E-state index contributed by atoms with van der Waals surface area (Å²) in [6.07, 6.45) is 15.8. The van der Waals surface area contributed by atoms with Crippen LogP contribution in [0.4, 0.5) is 20.4 Å². The van der Waals surface area contributed by atoms with Crippen molar-refractivity contribution in [1.82, 2.24) is 25.1 Å². The number of nitrogens with one attached hydrogen (secondary N) is 3. The summed E-state index contributed by atoms with van der Waals surface area (Å²) in [5.74, 6) is 0.608. The topological polar surface area (TPSA) is 129 Å². The van der Waals surface area contributed by atoms with E-state index in [0.29, 0.717) is 42.2 Å². The third-order valence-corrected chi connectivity index (χ3v) is 12.4. The number of piperidine rings is 3. The molecule has 4 heterocycles. The summed E-state index contributed by atoms with van der Waals surface area (Å²) in [5.41, 5.74) is 4.08. The number of hydrogen-bond acceptors (Lipinski definition) is 10. The van der Waals surface area contributed by atoms with E-state index in [-0.39, 0.29) is 53.4 Å². The number of ether oxygens (including phenoxy) is 1. The Kier molecular flexibility index (Phi) is 17.9. The number of nitrogens with zero attached hydrogens (tertiary/aromatic N) is 4. The first-order valence-corrected chi connectivity index (χ1v) is 21.3. The third-order valence-electron chi connectivity index (χ3n) is 12.4. The number of amides is 2. The Bertz CT molecular complexity index is 1990. The van der Waals surface area contributed by atoms with E-state index in [1.54, 1.807) is 12.2 Å². The first kappa shape index (κ1) is 46.9. The molecule has 2 amide bonds. The van der Waals surface area contributed by atoms with Gasteiger partial charge < -0.3 is 25.1 Å². The second-order valence-electron chi connectivity index (χ2n) is 16.4. The zero-order valence-electron chi connectivity index (χ0n) is 34.6. The minimum absolute atomic E-state index is 0. The van der Waals surface area contributed by atoms with E-state index in [1.165, 1.54) is 37.9 Å². The number of aromatic nitrogens is 2. The molecule has 1 saturated carbocycles. The minimum atomic E-state index is -0.525. The average Bonchev–Trinajstić information content (AvgIpc) is 3.27. The molecule has 7 rings (SSSR count). The van der Waals surface area contributed by atoms with Crippen molar-refractivity contribution < 1.29 is 32.2 Å². The van der Waals surface area contributed by atoms with Crippen molar-refractivity contribution in [1.29, 1.82) is 0 Å². The van der Waals surface area contributed by atoms with Gasteiger partial charge in [-0.2, -0.15) is 0 Å². The van der Waals surface area contributed by atoms with Crippen molar-refractivity contribution >= 4 is 35.8 Å². The Labute approximate surface area is 364 Å². The molecule has 0 bridgehead atoms. The molecule has 1 unspecified atom stereocenters. The van der Waals surface area contributed by atoms with Crippen LogP contribution >= 0.6 is 0 Å². The standard InChI is InChI=1S/C46H57F2N7O3.CH2O.CH4.3H2/c1-3-6-33(4-2)35-7-5-8-36(25-35)44-41(48)27-49-46(53-44)51-37-19-23-55(24-20-37)30-58-29-32-11-9-31(10-12-32)28-54-21-17-34(18-22-54)39-14-13-38(26-40(39)47)50-42-15-16-43(56)52-45(42)57;1-2;;;;/h3-8,13-14,25-27,31-32,34,37,42,50H,1-2,9-12,15-24,28-30H2,(H,49,51,53)(H,52,56,57);1H2;1H4;3*1H/b33-6+;;;;;. The molecule has 1 atom stereocenters. The molecular formula is C48H69F2N7O4. The smallest absolute Gasteiger partial charge is 0.249 e. The van der Waals surface area contributed by atoms with Crippen LogP contribution in [0.2, 0.25) is 0 Å². The lowest BCUT2D eigenvalue weighted by molar-refractivity contribution is -0.133. The van der Waals surface area contributed by atoms with E-state index in [0.717, 1.165) is 81.7 Å². The number of carbonyl (C=O) groups is 3. The van der Waals surface area contributed by atoms with Gasteiger partial charge in [0, 0.05) is 47.6 Å². The van der Waals surface area contributed by atoms with Crippen LogP contribution in [0.3, 0.4) is 0 Å². The predicted octanol–water partition coefficient (Wildman–Crippen LogP) is 9.12. The zero-order chi connectivity index (χ0) is 42.4. The van der Waals surface area contributed by atoms with E-state index >= 15 is 4.39 Å². The highest BCUT2D eigenvalue weighted by atomic mass is 19.1. The van der Waals surface area contributed by atoms with Gasteiger partial charge in [-0.1, -0.05) is 63.1 Å². The molecule has 3 saturated heterocycles. The quantitative estimate of drug-likeness (QED) is 0.101. The van der Waals surface area contributed by atoms with Crippen molar-refractivity contribution in [3.05, 3.63) is 103 Å². The minimum Gasteiger partial charge on any atom is -0.374 e. The summed E-state index contributed by atoms with van der Waals surface area (Å²) in [5, 5.41) is 8.86. The van der Waals surface area contributed by atoms with Gasteiger partial charge in [-0.05, 0) is 124 Å². The molecule has 0 spiro atoms. The molecule has 61 heavy (non-hydrogen) atoms. The third kappa shape index (κ3) is 12.9. The second-order valence-corrected chi connectivity index (χ2v) is 16.4. The van der Waals surface area contributed by atoms with E-state index < -0.39 is 11.9 Å². The number of imide groups is 1. The largest absolute Gasteiger partial charge is 0.374 e. The lowest BCUT2D eigenvalue weighted by Gasteiger charge is -2.37. The maximum Gasteiger partial charge on any atom is 0.249 e. The lowest BCUT2D eigenvalue weighted by Crippen LogP contribution is -2.47. The Hall–Kier alpha value is -5.11. The van der Waals surface area contributed by atoms with E-state index in [1.807, 2.05) is 49.3 Å². The molecule has 3 N–H and O–H groups in total. The number of carbonyl (C=O) groups excluding carboxylic acids is 3. The van der Waals surface area contributed by atoms with Crippen molar-refractivity contribution in [3.8, 4) is 11.3 Å². The summed E-state index contributed by atoms with van der Waals surface area (Å²) < 4.78 is 36.4. The summed E-state index contributed by atoms with van der Waals surface area (Å²) in [6, 6.07) is 12.5. The number of benzene rings is 2. The van der Waals surface area contributed by atoms with Crippen molar-refractivity contribution in [2.75, 3.05) is 56.7 Å². The first-order valence-electron chi connectivity index (χ1n) is 21.3. The van der Waals surface area contributed by atoms with Crippen LogP contribution in [0.25, 0.3) is 16.8 Å². The van der Waals surface area contributed by atoms with Crippen molar-refractivity contribution in [3.63, 3.8) is 0 Å². The van der Waals surface area contributed by atoms with Gasteiger partial charge in [-0.25, -0.2) is 18.7 Å². The summed E-state index contributed by atoms with van der Waals surface area (Å²) in [6.45, 7) is 16.0. The van der Waals surface area contributed by atoms with Gasteiger partial charge in [0.15, 0.2) is 5.82 Å². The van der Waals surface area contributed by atoms with Crippen LogP contribution in [0.1, 0.15) is 93.0 Å².